The maximum absolute atomic E-state index is 16.1. The Hall–Kier alpha value is -3.60. The zero-order valence-electron chi connectivity index (χ0n) is 19.7. The Kier molecular flexibility index (Phi) is 4.70. The van der Waals surface area contributed by atoms with Gasteiger partial charge in [-0.25, -0.2) is 18.7 Å². The number of benzene rings is 1. The van der Waals surface area contributed by atoms with Gasteiger partial charge in [0.1, 0.15) is 17.8 Å². The van der Waals surface area contributed by atoms with Gasteiger partial charge in [-0.2, -0.15) is 8.78 Å². The molecular weight excluding hydrogens is 501 g/mol. The van der Waals surface area contributed by atoms with Gasteiger partial charge in [0.2, 0.25) is 5.16 Å². The van der Waals surface area contributed by atoms with Crippen LogP contribution in [0.3, 0.4) is 0 Å². The number of allylic oxidation sites excluding steroid dienone is 1. The minimum absolute atomic E-state index is 0.0387. The van der Waals surface area contributed by atoms with E-state index in [1.165, 1.54) is 59.0 Å². The normalized spacial score (nSPS) is 23.6. The van der Waals surface area contributed by atoms with Crippen molar-refractivity contribution in [2.24, 2.45) is 12.5 Å². The highest BCUT2D eigenvalue weighted by molar-refractivity contribution is 7.99. The molecule has 37 heavy (non-hydrogen) atoms. The van der Waals surface area contributed by atoms with Crippen molar-refractivity contribution in [3.8, 4) is 5.69 Å². The fourth-order valence-corrected chi connectivity index (χ4v) is 7.12. The van der Waals surface area contributed by atoms with Crippen LogP contribution in [0.5, 0.6) is 0 Å². The summed E-state index contributed by atoms with van der Waals surface area (Å²) in [6, 6.07) is 4.50. The van der Waals surface area contributed by atoms with Crippen LogP contribution >= 0.6 is 11.8 Å². The first-order chi connectivity index (χ1) is 17.8. The number of nitrogens with zero attached hydrogens (tertiary/aromatic N) is 6. The lowest BCUT2D eigenvalue weighted by Crippen LogP contribution is -2.48. The van der Waals surface area contributed by atoms with Crippen LogP contribution in [0.1, 0.15) is 46.7 Å². The van der Waals surface area contributed by atoms with E-state index in [0.717, 1.165) is 16.7 Å². The quantitative estimate of drug-likeness (QED) is 0.379. The first-order valence-corrected chi connectivity index (χ1v) is 12.9. The number of hydrogen-bond acceptors (Lipinski definition) is 5. The molecule has 0 saturated heterocycles. The summed E-state index contributed by atoms with van der Waals surface area (Å²) in [7, 11) is 1.80. The van der Waals surface area contributed by atoms with Crippen molar-refractivity contribution in [1.82, 2.24) is 29.1 Å². The number of carbonyl (C=O) groups is 1. The fourth-order valence-electron chi connectivity index (χ4n) is 5.93. The topological polar surface area (TPSA) is 70.5 Å². The molecule has 0 radical (unpaired) electrons. The van der Waals surface area contributed by atoms with E-state index in [1.54, 1.807) is 18.1 Å². The summed E-state index contributed by atoms with van der Waals surface area (Å²) in [6.07, 6.45) is 6.85. The molecule has 1 spiro atoms. The van der Waals surface area contributed by atoms with Crippen molar-refractivity contribution >= 4 is 23.6 Å². The summed E-state index contributed by atoms with van der Waals surface area (Å²) < 4.78 is 49.9. The third kappa shape index (κ3) is 3.22. The van der Waals surface area contributed by atoms with Crippen LogP contribution in [0.15, 0.2) is 59.7 Å². The lowest BCUT2D eigenvalue weighted by Gasteiger charge is -2.47. The first kappa shape index (κ1) is 22.6. The second-order valence-electron chi connectivity index (χ2n) is 9.84. The molecule has 2 aliphatic carbocycles. The molecule has 3 aromatic heterocycles. The molecule has 1 saturated carbocycles. The Morgan fingerprint density at radius 1 is 1.14 bits per heavy atom. The van der Waals surface area contributed by atoms with Crippen LogP contribution in [-0.4, -0.2) is 40.1 Å². The van der Waals surface area contributed by atoms with Gasteiger partial charge >= 0.3 is 6.05 Å². The van der Waals surface area contributed by atoms with Gasteiger partial charge in [-0.3, -0.25) is 14.5 Å². The van der Waals surface area contributed by atoms with Gasteiger partial charge in [-0.1, -0.05) is 17.3 Å². The number of halogens is 3. The van der Waals surface area contributed by atoms with E-state index in [9.17, 15) is 9.18 Å². The maximum Gasteiger partial charge on any atom is 0.369 e. The van der Waals surface area contributed by atoms with Crippen molar-refractivity contribution in [3.63, 3.8) is 0 Å². The number of fused-ring (bicyclic) bond motifs is 2. The number of pyridine rings is 1. The van der Waals surface area contributed by atoms with Crippen LogP contribution < -0.4 is 0 Å². The Balaban J connectivity index is 1.41. The van der Waals surface area contributed by atoms with Gasteiger partial charge in [0, 0.05) is 30.5 Å². The Morgan fingerprint density at radius 3 is 2.70 bits per heavy atom. The second kappa shape index (κ2) is 7.70. The second-order valence-corrected chi connectivity index (χ2v) is 11.1. The van der Waals surface area contributed by atoms with Crippen molar-refractivity contribution in [2.75, 3.05) is 0 Å². The Bertz CT molecular complexity index is 1600. The van der Waals surface area contributed by atoms with E-state index < -0.39 is 17.3 Å². The SMILES string of the molecule is Cn1cnc(SC2CCC3=Cc4c5n(n4-c4ccc(F)cc4)C(F)(F)c4ccnc(c4)C(=O)C3(C5)C2)n1. The largest absolute Gasteiger partial charge is 0.369 e. The molecule has 2 unspecified atom stereocenters. The van der Waals surface area contributed by atoms with E-state index in [2.05, 4.69) is 15.1 Å². The van der Waals surface area contributed by atoms with Crippen LogP contribution in [-0.2, 0) is 19.5 Å². The number of rotatable bonds is 3. The molecule has 4 heterocycles. The molecular formula is C26H21F3N6OS. The van der Waals surface area contributed by atoms with E-state index in [0.29, 0.717) is 35.1 Å². The third-order valence-corrected chi connectivity index (χ3v) is 8.78. The summed E-state index contributed by atoms with van der Waals surface area (Å²) in [6.45, 7) is 0. The summed E-state index contributed by atoms with van der Waals surface area (Å²) in [5.74, 6) is -0.678. The summed E-state index contributed by atoms with van der Waals surface area (Å²) in [5, 5.41) is 5.03. The predicted octanol–water partition coefficient (Wildman–Crippen LogP) is 5.01. The van der Waals surface area contributed by atoms with Crippen molar-refractivity contribution in [2.45, 2.75) is 42.1 Å². The summed E-state index contributed by atoms with van der Waals surface area (Å²) in [5.41, 5.74) is 1.11. The van der Waals surface area contributed by atoms with Gasteiger partial charge in [-0.05, 0) is 61.7 Å². The molecule has 11 heteroatoms. The molecule has 1 aromatic carbocycles. The number of aromatic nitrogens is 6. The highest BCUT2D eigenvalue weighted by Gasteiger charge is 2.54. The summed E-state index contributed by atoms with van der Waals surface area (Å²) >= 11 is 1.52. The van der Waals surface area contributed by atoms with Crippen LogP contribution in [0.4, 0.5) is 13.2 Å². The van der Waals surface area contributed by atoms with E-state index in [1.807, 2.05) is 6.08 Å². The Morgan fingerprint density at radius 2 is 1.95 bits per heavy atom. The third-order valence-electron chi connectivity index (χ3n) is 7.65. The molecule has 0 N–H and O–H groups in total. The van der Waals surface area contributed by atoms with E-state index >= 15 is 8.78 Å². The van der Waals surface area contributed by atoms with Crippen molar-refractivity contribution < 1.29 is 18.0 Å². The van der Waals surface area contributed by atoms with Gasteiger partial charge in [-0.15, -0.1) is 5.10 Å². The number of Topliss-reactive ketones (excluding diaryl/α,β-unsaturated/α-hetero) is 1. The molecule has 1 fully saturated rings. The zero-order valence-corrected chi connectivity index (χ0v) is 20.6. The lowest BCUT2D eigenvalue weighted by molar-refractivity contribution is -0.0656. The highest BCUT2D eigenvalue weighted by atomic mass is 32.2. The number of ketones is 1. The van der Waals surface area contributed by atoms with Crippen molar-refractivity contribution in [1.29, 1.82) is 0 Å². The van der Waals surface area contributed by atoms with E-state index in [-0.39, 0.29) is 28.7 Å². The average molecular weight is 523 g/mol. The number of carbonyl (C=O) groups excluding carboxylic acids is 1. The predicted molar refractivity (Wildman–Crippen MR) is 130 cm³/mol. The standard InChI is InChI=1S/C26H21F3N6OS/c1-33-14-31-24(32-33)37-19-7-2-15-11-21-22-13-25(15,12-19)23(36)20-10-16(8-9-30-20)26(28,29)35(22)34(21)18-5-3-17(27)4-6-18/h3-6,8-11,14,19H,2,7,12-13H2,1H3. The van der Waals surface area contributed by atoms with Gasteiger partial charge < -0.3 is 0 Å². The van der Waals surface area contributed by atoms with Gasteiger partial charge in [0.15, 0.2) is 5.78 Å². The molecule has 3 aliphatic rings. The first-order valence-electron chi connectivity index (χ1n) is 12.0. The van der Waals surface area contributed by atoms with Crippen molar-refractivity contribution in [3.05, 3.63) is 83.0 Å². The van der Waals surface area contributed by atoms with Crippen LogP contribution in [0.25, 0.3) is 11.8 Å². The maximum atomic E-state index is 16.1. The molecule has 7 nitrogen and oxygen atoms in total. The highest BCUT2D eigenvalue weighted by Crippen LogP contribution is 2.55. The molecule has 7 rings (SSSR count). The van der Waals surface area contributed by atoms with E-state index in [4.69, 9.17) is 0 Å². The number of thioether (sulfide) groups is 1. The minimum Gasteiger partial charge on any atom is -0.291 e. The van der Waals surface area contributed by atoms with Crippen LogP contribution in [0.2, 0.25) is 0 Å². The number of hydrogen-bond donors (Lipinski definition) is 0. The minimum atomic E-state index is -3.44. The summed E-state index contributed by atoms with van der Waals surface area (Å²) in [4.78, 5) is 22.7. The molecule has 1 aliphatic heterocycles. The lowest BCUT2D eigenvalue weighted by atomic mass is 9.61. The van der Waals surface area contributed by atoms with Crippen LogP contribution in [0, 0.1) is 11.2 Å². The molecule has 0 amide bonds. The number of aryl methyl sites for hydroxylation is 1. The molecule has 4 aromatic rings. The average Bonchev–Trinajstić information content (AvgIpc) is 3.29. The smallest absolute Gasteiger partial charge is 0.291 e. The Labute approximate surface area is 214 Å². The zero-order chi connectivity index (χ0) is 25.5. The molecule has 188 valence electrons. The molecule has 2 atom stereocenters. The van der Waals surface area contributed by atoms with Gasteiger partial charge in [0.25, 0.3) is 0 Å². The van der Waals surface area contributed by atoms with Gasteiger partial charge in [0.05, 0.1) is 22.5 Å². The monoisotopic (exact) mass is 522 g/mol. The molecule has 4 bridgehead atoms. The number of alkyl halides is 2. The fraction of sp³-hybridized carbons (Fsp3) is 0.308.